The summed E-state index contributed by atoms with van der Waals surface area (Å²) in [5.41, 5.74) is -1.31. The van der Waals surface area contributed by atoms with E-state index in [-0.39, 0.29) is 0 Å². The van der Waals surface area contributed by atoms with Crippen molar-refractivity contribution in [3.8, 4) is 0 Å². The molecule has 0 bridgehead atoms. The minimum atomic E-state index is -1.31. The number of hydrogen-bond donors (Lipinski definition) is 0. The standard InChI is InChI=1S/C13H22O5/c1-4-10-13(11(14)16-2,12(15)17-3)8-6-5-7-9-18-10/h10H,4-9H2,1-3H3. The first kappa shape index (κ1) is 15.0. The van der Waals surface area contributed by atoms with E-state index in [1.807, 2.05) is 6.92 Å². The van der Waals surface area contributed by atoms with Gasteiger partial charge in [-0.1, -0.05) is 19.8 Å². The van der Waals surface area contributed by atoms with Crippen LogP contribution >= 0.6 is 0 Å². The van der Waals surface area contributed by atoms with Crippen molar-refractivity contribution in [2.24, 2.45) is 5.41 Å². The van der Waals surface area contributed by atoms with Gasteiger partial charge in [-0.15, -0.1) is 0 Å². The maximum atomic E-state index is 12.1. The van der Waals surface area contributed by atoms with Crippen LogP contribution in [0.1, 0.15) is 39.0 Å². The Morgan fingerprint density at radius 1 is 1.17 bits per heavy atom. The van der Waals surface area contributed by atoms with Crippen LogP contribution in [0.5, 0.6) is 0 Å². The molecule has 0 spiro atoms. The molecule has 18 heavy (non-hydrogen) atoms. The molecule has 0 aromatic carbocycles. The van der Waals surface area contributed by atoms with Crippen molar-refractivity contribution >= 4 is 11.9 Å². The Balaban J connectivity index is 3.13. The molecule has 1 aliphatic rings. The van der Waals surface area contributed by atoms with E-state index in [1.165, 1.54) is 14.2 Å². The summed E-state index contributed by atoms with van der Waals surface area (Å²) >= 11 is 0. The molecule has 0 aromatic rings. The monoisotopic (exact) mass is 258 g/mol. The largest absolute Gasteiger partial charge is 0.468 e. The fourth-order valence-electron chi connectivity index (χ4n) is 2.59. The van der Waals surface area contributed by atoms with Crippen LogP contribution in [-0.2, 0) is 23.8 Å². The van der Waals surface area contributed by atoms with Gasteiger partial charge < -0.3 is 14.2 Å². The molecule has 5 nitrogen and oxygen atoms in total. The van der Waals surface area contributed by atoms with Crippen molar-refractivity contribution in [3.63, 3.8) is 0 Å². The average molecular weight is 258 g/mol. The van der Waals surface area contributed by atoms with Gasteiger partial charge in [0.2, 0.25) is 0 Å². The van der Waals surface area contributed by atoms with Crippen LogP contribution in [0.4, 0.5) is 0 Å². The molecule has 0 saturated carbocycles. The molecule has 104 valence electrons. The van der Waals surface area contributed by atoms with Gasteiger partial charge in [-0.2, -0.15) is 0 Å². The van der Waals surface area contributed by atoms with E-state index in [4.69, 9.17) is 14.2 Å². The highest BCUT2D eigenvalue weighted by molar-refractivity contribution is 6.00. The first-order valence-corrected chi connectivity index (χ1v) is 6.41. The Hall–Kier alpha value is -1.10. The highest BCUT2D eigenvalue weighted by atomic mass is 16.6. The minimum absolute atomic E-state index is 0.421. The Labute approximate surface area is 108 Å². The average Bonchev–Trinajstić information content (AvgIpc) is 2.37. The van der Waals surface area contributed by atoms with Gasteiger partial charge in [-0.25, -0.2) is 0 Å². The zero-order chi connectivity index (χ0) is 13.6. The summed E-state index contributed by atoms with van der Waals surface area (Å²) < 4.78 is 15.3. The molecule has 0 amide bonds. The summed E-state index contributed by atoms with van der Waals surface area (Å²) in [6.07, 6.45) is 3.21. The number of carbonyl (C=O) groups is 2. The molecule has 0 aliphatic carbocycles. The van der Waals surface area contributed by atoms with Crippen molar-refractivity contribution in [1.29, 1.82) is 0 Å². The second-order valence-corrected chi connectivity index (χ2v) is 4.53. The van der Waals surface area contributed by atoms with Gasteiger partial charge in [-0.3, -0.25) is 9.59 Å². The lowest BCUT2D eigenvalue weighted by Crippen LogP contribution is -2.51. The molecule has 0 aromatic heterocycles. The van der Waals surface area contributed by atoms with Crippen LogP contribution in [-0.4, -0.2) is 38.9 Å². The summed E-state index contributed by atoms with van der Waals surface area (Å²) in [7, 11) is 2.58. The fraction of sp³-hybridized carbons (Fsp3) is 0.846. The van der Waals surface area contributed by atoms with Crippen LogP contribution < -0.4 is 0 Å². The Kier molecular flexibility index (Phi) is 5.59. The normalized spacial score (nSPS) is 23.6. The molecule has 1 rings (SSSR count). The zero-order valence-corrected chi connectivity index (χ0v) is 11.4. The number of rotatable bonds is 3. The van der Waals surface area contributed by atoms with Gasteiger partial charge in [0.05, 0.1) is 20.3 Å². The first-order chi connectivity index (χ1) is 8.63. The Bertz CT molecular complexity index is 284. The van der Waals surface area contributed by atoms with E-state index in [1.54, 1.807) is 0 Å². The van der Waals surface area contributed by atoms with Crippen molar-refractivity contribution in [2.75, 3.05) is 20.8 Å². The van der Waals surface area contributed by atoms with E-state index in [9.17, 15) is 9.59 Å². The van der Waals surface area contributed by atoms with E-state index < -0.39 is 23.5 Å². The molecule has 1 unspecified atom stereocenters. The molecule has 5 heteroatoms. The predicted octanol–water partition coefficient (Wildman–Crippen LogP) is 1.69. The maximum absolute atomic E-state index is 12.1. The molecule has 1 aliphatic heterocycles. The highest BCUT2D eigenvalue weighted by Gasteiger charge is 2.54. The molecular formula is C13H22O5. The smallest absolute Gasteiger partial charge is 0.325 e. The van der Waals surface area contributed by atoms with Gasteiger partial charge in [0, 0.05) is 6.61 Å². The third-order valence-corrected chi connectivity index (χ3v) is 3.55. The second kappa shape index (κ2) is 6.73. The van der Waals surface area contributed by atoms with Gasteiger partial charge in [0.15, 0.2) is 5.41 Å². The zero-order valence-electron chi connectivity index (χ0n) is 11.4. The summed E-state index contributed by atoms with van der Waals surface area (Å²) in [6, 6.07) is 0. The Morgan fingerprint density at radius 2 is 1.78 bits per heavy atom. The number of ether oxygens (including phenoxy) is 3. The van der Waals surface area contributed by atoms with Gasteiger partial charge in [-0.05, 0) is 19.3 Å². The van der Waals surface area contributed by atoms with Crippen LogP contribution in [0.25, 0.3) is 0 Å². The predicted molar refractivity (Wildman–Crippen MR) is 65.0 cm³/mol. The fourth-order valence-corrected chi connectivity index (χ4v) is 2.59. The SMILES string of the molecule is CCC1OCCCCCC1(C(=O)OC)C(=O)OC. The van der Waals surface area contributed by atoms with Crippen LogP contribution in [0, 0.1) is 5.41 Å². The number of esters is 2. The summed E-state index contributed by atoms with van der Waals surface area (Å²) in [6.45, 7) is 2.46. The summed E-state index contributed by atoms with van der Waals surface area (Å²) in [5.74, 6) is -1.11. The lowest BCUT2D eigenvalue weighted by Gasteiger charge is -2.36. The van der Waals surface area contributed by atoms with Gasteiger partial charge in [0.25, 0.3) is 0 Å². The van der Waals surface area contributed by atoms with E-state index in [2.05, 4.69) is 0 Å². The number of hydrogen-bond acceptors (Lipinski definition) is 5. The molecular weight excluding hydrogens is 236 g/mol. The van der Waals surface area contributed by atoms with E-state index in [0.717, 1.165) is 19.3 Å². The molecule has 1 atom stereocenters. The van der Waals surface area contributed by atoms with E-state index >= 15 is 0 Å². The molecule has 0 N–H and O–H groups in total. The molecule has 1 fully saturated rings. The summed E-state index contributed by atoms with van der Waals surface area (Å²) in [5, 5.41) is 0. The first-order valence-electron chi connectivity index (χ1n) is 6.41. The molecule has 1 saturated heterocycles. The van der Waals surface area contributed by atoms with Crippen molar-refractivity contribution in [1.82, 2.24) is 0 Å². The van der Waals surface area contributed by atoms with Crippen LogP contribution in [0.15, 0.2) is 0 Å². The second-order valence-electron chi connectivity index (χ2n) is 4.53. The van der Waals surface area contributed by atoms with Crippen molar-refractivity contribution in [3.05, 3.63) is 0 Å². The van der Waals surface area contributed by atoms with Crippen LogP contribution in [0.2, 0.25) is 0 Å². The quantitative estimate of drug-likeness (QED) is 0.569. The Morgan fingerprint density at radius 3 is 2.28 bits per heavy atom. The number of carbonyl (C=O) groups excluding carboxylic acids is 2. The van der Waals surface area contributed by atoms with Crippen LogP contribution in [0.3, 0.4) is 0 Å². The molecule has 0 radical (unpaired) electrons. The van der Waals surface area contributed by atoms with Crippen molar-refractivity contribution < 1.29 is 23.8 Å². The lowest BCUT2D eigenvalue weighted by molar-refractivity contribution is -0.184. The highest BCUT2D eigenvalue weighted by Crippen LogP contribution is 2.37. The number of methoxy groups -OCH3 is 2. The van der Waals surface area contributed by atoms with Crippen molar-refractivity contribution in [2.45, 2.75) is 45.1 Å². The summed E-state index contributed by atoms with van der Waals surface area (Å²) in [4.78, 5) is 24.2. The van der Waals surface area contributed by atoms with E-state index in [0.29, 0.717) is 19.4 Å². The maximum Gasteiger partial charge on any atom is 0.325 e. The lowest BCUT2D eigenvalue weighted by atomic mass is 9.75. The topological polar surface area (TPSA) is 61.8 Å². The van der Waals surface area contributed by atoms with Gasteiger partial charge in [0.1, 0.15) is 0 Å². The van der Waals surface area contributed by atoms with Gasteiger partial charge >= 0.3 is 11.9 Å². The third kappa shape index (κ3) is 2.66. The minimum Gasteiger partial charge on any atom is -0.468 e. The molecule has 1 heterocycles. The third-order valence-electron chi connectivity index (χ3n) is 3.55.